The Hall–Kier alpha value is -3.13. The first kappa shape index (κ1) is 17.3. The second-order valence-electron chi connectivity index (χ2n) is 6.12. The molecule has 0 fully saturated rings. The molecule has 1 amide bonds. The first-order valence-electron chi connectivity index (χ1n) is 8.15. The van der Waals surface area contributed by atoms with E-state index in [0.29, 0.717) is 28.0 Å². The summed E-state index contributed by atoms with van der Waals surface area (Å²) in [6.45, 7) is 0.209. The van der Waals surface area contributed by atoms with Crippen molar-refractivity contribution in [3.05, 3.63) is 53.2 Å². The number of rotatable bonds is 4. The van der Waals surface area contributed by atoms with Crippen LogP contribution in [0.5, 0.6) is 11.5 Å². The third kappa shape index (κ3) is 3.43. The highest BCUT2D eigenvalue weighted by molar-refractivity contribution is 7.14. The van der Waals surface area contributed by atoms with Gasteiger partial charge in [-0.25, -0.2) is 9.37 Å². The molecule has 1 aromatic heterocycles. The average molecular weight is 385 g/mol. The van der Waals surface area contributed by atoms with Gasteiger partial charge in [0.2, 0.25) is 6.79 Å². The molecule has 0 unspecified atom stereocenters. The molecule has 1 aliphatic rings. The Bertz CT molecular complexity index is 1020. The second-order valence-corrected chi connectivity index (χ2v) is 6.98. The zero-order valence-corrected chi connectivity index (χ0v) is 15.5. The number of hydrogen-bond acceptors (Lipinski definition) is 6. The molecule has 2 aromatic carbocycles. The minimum Gasteiger partial charge on any atom is -0.454 e. The van der Waals surface area contributed by atoms with Crippen molar-refractivity contribution in [3.8, 4) is 22.8 Å². The van der Waals surface area contributed by atoms with Crippen molar-refractivity contribution in [1.82, 2.24) is 4.98 Å². The van der Waals surface area contributed by atoms with Gasteiger partial charge in [0, 0.05) is 30.6 Å². The SMILES string of the molecule is CN(C)c1ccc(C(=O)Nc2nc(-c3ccc4c(c3)OCO4)cs2)cc1F. The van der Waals surface area contributed by atoms with E-state index in [1.807, 2.05) is 23.6 Å². The van der Waals surface area contributed by atoms with Gasteiger partial charge in [-0.1, -0.05) is 0 Å². The third-order valence-corrected chi connectivity index (χ3v) is 4.84. The summed E-state index contributed by atoms with van der Waals surface area (Å²) in [5.41, 5.74) is 2.23. The van der Waals surface area contributed by atoms with Gasteiger partial charge in [0.05, 0.1) is 11.4 Å². The fourth-order valence-corrected chi connectivity index (χ4v) is 3.41. The summed E-state index contributed by atoms with van der Waals surface area (Å²) in [6, 6.07) is 9.92. The molecule has 27 heavy (non-hydrogen) atoms. The van der Waals surface area contributed by atoms with Gasteiger partial charge in [-0.15, -0.1) is 11.3 Å². The van der Waals surface area contributed by atoms with Crippen molar-refractivity contribution in [2.45, 2.75) is 0 Å². The van der Waals surface area contributed by atoms with Crippen LogP contribution in [0.2, 0.25) is 0 Å². The Morgan fingerprint density at radius 1 is 1.19 bits per heavy atom. The summed E-state index contributed by atoms with van der Waals surface area (Å²) in [4.78, 5) is 18.5. The topological polar surface area (TPSA) is 63.7 Å². The first-order valence-corrected chi connectivity index (χ1v) is 9.03. The van der Waals surface area contributed by atoms with Crippen molar-refractivity contribution < 1.29 is 18.7 Å². The number of nitrogens with zero attached hydrogens (tertiary/aromatic N) is 2. The number of benzene rings is 2. The lowest BCUT2D eigenvalue weighted by atomic mass is 10.1. The minimum atomic E-state index is -0.451. The lowest BCUT2D eigenvalue weighted by molar-refractivity contribution is 0.102. The molecular weight excluding hydrogens is 369 g/mol. The average Bonchev–Trinajstić information content (AvgIpc) is 3.29. The summed E-state index contributed by atoms with van der Waals surface area (Å²) in [7, 11) is 3.48. The van der Waals surface area contributed by atoms with Gasteiger partial charge in [-0.3, -0.25) is 10.1 Å². The van der Waals surface area contributed by atoms with E-state index in [9.17, 15) is 9.18 Å². The predicted octanol–water partition coefficient (Wildman–Crippen LogP) is 4.00. The quantitative estimate of drug-likeness (QED) is 0.736. The minimum absolute atomic E-state index is 0.209. The lowest BCUT2D eigenvalue weighted by Crippen LogP contribution is -2.14. The van der Waals surface area contributed by atoms with Crippen LogP contribution in [0.25, 0.3) is 11.3 Å². The maximum atomic E-state index is 14.1. The Balaban J connectivity index is 1.51. The van der Waals surface area contributed by atoms with Crippen LogP contribution in [0.4, 0.5) is 15.2 Å². The number of carbonyl (C=O) groups is 1. The van der Waals surface area contributed by atoms with E-state index in [0.717, 1.165) is 5.56 Å². The number of thiazole rings is 1. The van der Waals surface area contributed by atoms with Gasteiger partial charge >= 0.3 is 0 Å². The molecule has 138 valence electrons. The number of nitrogens with one attached hydrogen (secondary N) is 1. The molecule has 0 spiro atoms. The lowest BCUT2D eigenvalue weighted by Gasteiger charge is -2.13. The molecule has 3 aromatic rings. The standard InChI is InChI=1S/C19H16FN3O3S/c1-23(2)15-5-3-12(7-13(15)20)18(24)22-19-21-14(9-27-19)11-4-6-16-17(8-11)26-10-25-16/h3-9H,10H2,1-2H3,(H,21,22,24). The maximum Gasteiger partial charge on any atom is 0.257 e. The van der Waals surface area contributed by atoms with Crippen molar-refractivity contribution in [2.75, 3.05) is 31.1 Å². The number of aromatic nitrogens is 1. The molecule has 1 aliphatic heterocycles. The van der Waals surface area contributed by atoms with E-state index in [2.05, 4.69) is 10.3 Å². The third-order valence-electron chi connectivity index (χ3n) is 4.08. The monoisotopic (exact) mass is 385 g/mol. The molecule has 0 bridgehead atoms. The summed E-state index contributed by atoms with van der Waals surface area (Å²) in [5.74, 6) is 0.506. The first-order chi connectivity index (χ1) is 13.0. The molecule has 2 heterocycles. The largest absolute Gasteiger partial charge is 0.454 e. The Morgan fingerprint density at radius 3 is 2.78 bits per heavy atom. The van der Waals surface area contributed by atoms with E-state index in [1.165, 1.54) is 17.4 Å². The molecule has 0 radical (unpaired) electrons. The Morgan fingerprint density at radius 2 is 2.00 bits per heavy atom. The van der Waals surface area contributed by atoms with Gasteiger partial charge in [-0.05, 0) is 36.4 Å². The second kappa shape index (κ2) is 6.88. The van der Waals surface area contributed by atoms with Crippen LogP contribution in [0, 0.1) is 5.82 Å². The maximum absolute atomic E-state index is 14.1. The molecule has 8 heteroatoms. The zero-order chi connectivity index (χ0) is 19.0. The van der Waals surface area contributed by atoms with Crippen LogP contribution in [-0.2, 0) is 0 Å². The van der Waals surface area contributed by atoms with Crippen LogP contribution in [0.1, 0.15) is 10.4 Å². The van der Waals surface area contributed by atoms with Crippen molar-refractivity contribution in [3.63, 3.8) is 0 Å². The van der Waals surface area contributed by atoms with Crippen LogP contribution < -0.4 is 19.7 Å². The highest BCUT2D eigenvalue weighted by Gasteiger charge is 2.16. The summed E-state index contributed by atoms with van der Waals surface area (Å²) in [6.07, 6.45) is 0. The van der Waals surface area contributed by atoms with Crippen LogP contribution in [0.15, 0.2) is 41.8 Å². The van der Waals surface area contributed by atoms with E-state index in [1.54, 1.807) is 31.1 Å². The van der Waals surface area contributed by atoms with E-state index < -0.39 is 11.7 Å². The van der Waals surface area contributed by atoms with Gasteiger partial charge in [-0.2, -0.15) is 0 Å². The van der Waals surface area contributed by atoms with E-state index >= 15 is 0 Å². The number of fused-ring (bicyclic) bond motifs is 1. The Kier molecular flexibility index (Phi) is 4.41. The molecular formula is C19H16FN3O3S. The van der Waals surface area contributed by atoms with Crippen LogP contribution in [-0.4, -0.2) is 31.8 Å². The molecule has 4 rings (SSSR count). The fourth-order valence-electron chi connectivity index (χ4n) is 2.70. The van der Waals surface area contributed by atoms with E-state index in [-0.39, 0.29) is 12.4 Å². The Labute approximate surface area is 159 Å². The van der Waals surface area contributed by atoms with Crippen LogP contribution in [0.3, 0.4) is 0 Å². The molecule has 0 aliphatic carbocycles. The number of carbonyl (C=O) groups excluding carboxylic acids is 1. The van der Waals surface area contributed by atoms with Crippen molar-refractivity contribution >= 4 is 28.1 Å². The fraction of sp³-hybridized carbons (Fsp3) is 0.158. The number of hydrogen-bond donors (Lipinski definition) is 1. The molecule has 0 saturated carbocycles. The van der Waals surface area contributed by atoms with Gasteiger partial charge in [0.25, 0.3) is 5.91 Å². The van der Waals surface area contributed by atoms with E-state index in [4.69, 9.17) is 9.47 Å². The molecule has 6 nitrogen and oxygen atoms in total. The van der Waals surface area contributed by atoms with Gasteiger partial charge in [0.15, 0.2) is 16.6 Å². The normalized spacial score (nSPS) is 12.1. The summed E-state index contributed by atoms with van der Waals surface area (Å²) < 4.78 is 24.7. The predicted molar refractivity (Wildman–Crippen MR) is 102 cm³/mol. The van der Waals surface area contributed by atoms with Gasteiger partial charge < -0.3 is 14.4 Å². The van der Waals surface area contributed by atoms with Crippen molar-refractivity contribution in [1.29, 1.82) is 0 Å². The smallest absolute Gasteiger partial charge is 0.257 e. The summed E-state index contributed by atoms with van der Waals surface area (Å²) in [5, 5.41) is 4.98. The molecule has 1 N–H and O–H groups in total. The van der Waals surface area contributed by atoms with Crippen molar-refractivity contribution in [2.24, 2.45) is 0 Å². The summed E-state index contributed by atoms with van der Waals surface area (Å²) >= 11 is 1.30. The molecule has 0 atom stereocenters. The number of amides is 1. The molecule has 0 saturated heterocycles. The highest BCUT2D eigenvalue weighted by atomic mass is 32.1. The van der Waals surface area contributed by atoms with Crippen LogP contribution >= 0.6 is 11.3 Å². The number of ether oxygens (including phenoxy) is 2. The van der Waals surface area contributed by atoms with Gasteiger partial charge in [0.1, 0.15) is 5.82 Å². The zero-order valence-electron chi connectivity index (χ0n) is 14.7. The number of halogens is 1. The number of anilines is 2. The highest BCUT2D eigenvalue weighted by Crippen LogP contribution is 2.36.